The van der Waals surface area contributed by atoms with Crippen molar-refractivity contribution in [1.82, 2.24) is 0 Å². The fourth-order valence-corrected chi connectivity index (χ4v) is 1.03. The quantitative estimate of drug-likeness (QED) is 0.275. The molecular formula is C9H15HfI2-. The van der Waals surface area contributed by atoms with Crippen LogP contribution in [-0.2, 0) is 25.8 Å². The van der Waals surface area contributed by atoms with Crippen LogP contribution >= 0.6 is 48.0 Å². The summed E-state index contributed by atoms with van der Waals surface area (Å²) in [6, 6.07) is 0. The molecule has 70 valence electrons. The second kappa shape index (κ2) is 10.9. The van der Waals surface area contributed by atoms with Gasteiger partial charge in [-0.1, -0.05) is 20.3 Å². The van der Waals surface area contributed by atoms with Crippen molar-refractivity contribution in [3.8, 4) is 0 Å². The molecule has 0 aromatic heterocycles. The number of rotatable bonds is 2. The zero-order chi connectivity index (χ0) is 6.69. The molecule has 1 aliphatic carbocycles. The molecule has 0 bridgehead atoms. The molecule has 0 saturated carbocycles. The number of halogens is 2. The molecule has 0 radical (unpaired) electrons. The van der Waals surface area contributed by atoms with Gasteiger partial charge >= 0.3 is 0 Å². The fourth-order valence-electron chi connectivity index (χ4n) is 1.03. The molecule has 0 aromatic rings. The van der Waals surface area contributed by atoms with Gasteiger partial charge in [0.1, 0.15) is 0 Å². The summed E-state index contributed by atoms with van der Waals surface area (Å²) in [5.41, 5.74) is 1.39. The second-order valence-corrected chi connectivity index (χ2v) is 2.91. The first-order chi connectivity index (χ1) is 4.29. The van der Waals surface area contributed by atoms with Crippen LogP contribution in [0.15, 0.2) is 17.7 Å². The van der Waals surface area contributed by atoms with Gasteiger partial charge in [0, 0.05) is 25.8 Å². The fraction of sp³-hybridized carbons (Fsp3) is 0.556. The third-order valence-corrected chi connectivity index (χ3v) is 1.39. The van der Waals surface area contributed by atoms with Gasteiger partial charge in [0.2, 0.25) is 0 Å². The van der Waals surface area contributed by atoms with Gasteiger partial charge in [0.25, 0.3) is 0 Å². The van der Waals surface area contributed by atoms with E-state index in [9.17, 15) is 0 Å². The third-order valence-electron chi connectivity index (χ3n) is 1.39. The summed E-state index contributed by atoms with van der Waals surface area (Å²) < 4.78 is 0. The Morgan fingerprint density at radius 2 is 2.00 bits per heavy atom. The van der Waals surface area contributed by atoms with Crippen LogP contribution < -0.4 is 0 Å². The molecule has 0 heterocycles. The Hall–Kier alpha value is 1.81. The van der Waals surface area contributed by atoms with E-state index >= 15 is 0 Å². The first-order valence-electron chi connectivity index (χ1n) is 3.55. The van der Waals surface area contributed by atoms with Crippen LogP contribution in [0.25, 0.3) is 0 Å². The van der Waals surface area contributed by atoms with Crippen molar-refractivity contribution in [3.63, 3.8) is 0 Å². The molecule has 0 spiro atoms. The average molecular weight is 556 g/mol. The van der Waals surface area contributed by atoms with Crippen LogP contribution in [0.4, 0.5) is 0 Å². The van der Waals surface area contributed by atoms with E-state index in [0.29, 0.717) is 0 Å². The van der Waals surface area contributed by atoms with E-state index in [0.717, 1.165) is 12.3 Å². The smallest absolute Gasteiger partial charge is 0 e. The topological polar surface area (TPSA) is 0 Å². The van der Waals surface area contributed by atoms with Gasteiger partial charge < -0.3 is 0 Å². The Labute approximate surface area is 128 Å². The van der Waals surface area contributed by atoms with Crippen LogP contribution in [0, 0.1) is 12.0 Å². The van der Waals surface area contributed by atoms with Crippen LogP contribution in [-0.4, -0.2) is 0 Å². The predicted octanol–water partition coefficient (Wildman–Crippen LogP) is 3.96. The molecule has 0 atom stereocenters. The molecule has 0 N–H and O–H groups in total. The largest absolute Gasteiger partial charge is 0.269 e. The molecule has 0 aromatic carbocycles. The van der Waals surface area contributed by atoms with Gasteiger partial charge in [-0.25, -0.2) is 11.6 Å². The van der Waals surface area contributed by atoms with Crippen molar-refractivity contribution in [2.75, 3.05) is 0 Å². The monoisotopic (exact) mass is 557 g/mol. The van der Waals surface area contributed by atoms with Gasteiger partial charge in [0.05, 0.1) is 0 Å². The molecular weight excluding hydrogens is 540 g/mol. The van der Waals surface area contributed by atoms with Crippen molar-refractivity contribution in [3.05, 3.63) is 23.8 Å². The van der Waals surface area contributed by atoms with Crippen molar-refractivity contribution in [1.29, 1.82) is 0 Å². The van der Waals surface area contributed by atoms with Crippen molar-refractivity contribution >= 4 is 48.0 Å². The molecule has 0 unspecified atom stereocenters. The zero-order valence-corrected chi connectivity index (χ0v) is 15.7. The van der Waals surface area contributed by atoms with E-state index in [1.807, 2.05) is 0 Å². The Morgan fingerprint density at radius 3 is 2.33 bits per heavy atom. The summed E-state index contributed by atoms with van der Waals surface area (Å²) in [5.74, 6) is 0.773. The van der Waals surface area contributed by atoms with Crippen LogP contribution in [0.3, 0.4) is 0 Å². The maximum absolute atomic E-state index is 3.29. The summed E-state index contributed by atoms with van der Waals surface area (Å²) in [6.45, 7) is 4.47. The minimum atomic E-state index is 0. The maximum Gasteiger partial charge on any atom is 0 e. The maximum atomic E-state index is 3.29. The Balaban J connectivity index is -0.000000270. The Morgan fingerprint density at radius 1 is 1.42 bits per heavy atom. The SMILES string of the molecule is CC(C)CC1=[C-]CC=C1.I.I.[Hf]. The standard InChI is InChI=1S/C9H13.Hf.2HI/c1-8(2)7-9-5-3-4-6-9;;;/h3,5,8H,4,7H2,1-2H3;;2*1H/q-1;;;. The number of allylic oxidation sites excluding steroid dienone is 4. The van der Waals surface area contributed by atoms with Gasteiger partial charge in [0.15, 0.2) is 0 Å². The summed E-state index contributed by atoms with van der Waals surface area (Å²) in [5, 5.41) is 0. The minimum absolute atomic E-state index is 0. The predicted molar refractivity (Wildman–Crippen MR) is 70.8 cm³/mol. The zero-order valence-electron chi connectivity index (χ0n) is 7.46. The molecule has 12 heavy (non-hydrogen) atoms. The van der Waals surface area contributed by atoms with E-state index < -0.39 is 0 Å². The van der Waals surface area contributed by atoms with Gasteiger partial charge in [-0.05, 0) is 5.92 Å². The van der Waals surface area contributed by atoms with Gasteiger partial charge in [-0.3, -0.25) is 6.08 Å². The summed E-state index contributed by atoms with van der Waals surface area (Å²) in [6.07, 6.45) is 9.86. The van der Waals surface area contributed by atoms with Crippen molar-refractivity contribution < 1.29 is 25.8 Å². The normalized spacial score (nSPS) is 12.8. The molecule has 0 aliphatic heterocycles. The molecule has 1 rings (SSSR count). The third kappa shape index (κ3) is 8.41. The molecule has 1 aliphatic rings. The summed E-state index contributed by atoms with van der Waals surface area (Å²) in [7, 11) is 0. The Bertz CT molecular complexity index is 151. The average Bonchev–Trinajstić information content (AvgIpc) is 2.15. The first kappa shape index (κ1) is 19.4. The minimum Gasteiger partial charge on any atom is -0.269 e. The van der Waals surface area contributed by atoms with Gasteiger partial charge in [-0.15, -0.1) is 54.4 Å². The van der Waals surface area contributed by atoms with Crippen molar-refractivity contribution in [2.24, 2.45) is 5.92 Å². The number of hydrogen-bond donors (Lipinski definition) is 0. The van der Waals surface area contributed by atoms with Crippen molar-refractivity contribution in [2.45, 2.75) is 26.7 Å². The first-order valence-corrected chi connectivity index (χ1v) is 3.55. The summed E-state index contributed by atoms with van der Waals surface area (Å²) in [4.78, 5) is 0. The molecule has 0 fully saturated rings. The summed E-state index contributed by atoms with van der Waals surface area (Å²) >= 11 is 0. The van der Waals surface area contributed by atoms with E-state index in [1.165, 1.54) is 12.0 Å². The molecule has 0 nitrogen and oxygen atoms in total. The second-order valence-electron chi connectivity index (χ2n) is 2.91. The number of hydrogen-bond acceptors (Lipinski definition) is 0. The van der Waals surface area contributed by atoms with Crippen LogP contribution in [0.2, 0.25) is 0 Å². The van der Waals surface area contributed by atoms with E-state index in [1.54, 1.807) is 0 Å². The molecule has 0 saturated heterocycles. The van der Waals surface area contributed by atoms with Gasteiger partial charge in [-0.2, -0.15) is 6.08 Å². The van der Waals surface area contributed by atoms with E-state index in [2.05, 4.69) is 32.1 Å². The Kier molecular flexibility index (Phi) is 17.6. The van der Waals surface area contributed by atoms with E-state index in [-0.39, 0.29) is 73.8 Å². The molecule has 3 heteroatoms. The van der Waals surface area contributed by atoms with Crippen LogP contribution in [0.5, 0.6) is 0 Å². The van der Waals surface area contributed by atoms with E-state index in [4.69, 9.17) is 0 Å². The molecule has 0 amide bonds. The van der Waals surface area contributed by atoms with Crippen LogP contribution in [0.1, 0.15) is 26.7 Å².